The van der Waals surface area contributed by atoms with Gasteiger partial charge in [-0.3, -0.25) is 0 Å². The molecule has 0 radical (unpaired) electrons. The van der Waals surface area contributed by atoms with Gasteiger partial charge in [0, 0.05) is 11.3 Å². The highest BCUT2D eigenvalue weighted by atomic mass is 32.2. The number of benzene rings is 1. The van der Waals surface area contributed by atoms with Crippen LogP contribution in [-0.2, 0) is 5.75 Å². The van der Waals surface area contributed by atoms with Crippen molar-refractivity contribution in [2.45, 2.75) is 17.7 Å². The second-order valence-electron chi connectivity index (χ2n) is 4.08. The van der Waals surface area contributed by atoms with Gasteiger partial charge in [0.2, 0.25) is 0 Å². The van der Waals surface area contributed by atoms with Crippen molar-refractivity contribution in [3.05, 3.63) is 53.2 Å². The van der Waals surface area contributed by atoms with E-state index in [1.165, 1.54) is 5.56 Å². The third kappa shape index (κ3) is 3.49. The van der Waals surface area contributed by atoms with Crippen LogP contribution in [0.25, 0.3) is 0 Å². The molecule has 96 valence electrons. The fraction of sp³-hybridized carbons (Fsp3) is 0.200. The number of aryl methyl sites for hydroxylation is 1. The van der Waals surface area contributed by atoms with Gasteiger partial charge in [0.25, 0.3) is 0 Å². The van der Waals surface area contributed by atoms with E-state index in [2.05, 4.69) is 18.0 Å². The number of thioether (sulfide) groups is 1. The van der Waals surface area contributed by atoms with E-state index in [1.807, 2.05) is 30.3 Å². The van der Waals surface area contributed by atoms with E-state index in [0.29, 0.717) is 5.69 Å². The summed E-state index contributed by atoms with van der Waals surface area (Å²) in [4.78, 5) is 4.25. The minimum absolute atomic E-state index is 0.446. The Morgan fingerprint density at radius 2 is 2.16 bits per heavy atom. The van der Waals surface area contributed by atoms with Crippen molar-refractivity contribution >= 4 is 11.8 Å². The Morgan fingerprint density at radius 3 is 2.89 bits per heavy atom. The molecule has 1 heterocycles. The summed E-state index contributed by atoms with van der Waals surface area (Å²) in [6, 6.07) is 13.6. The molecule has 0 bridgehead atoms. The van der Waals surface area contributed by atoms with Crippen LogP contribution in [0.1, 0.15) is 16.8 Å². The largest absolute Gasteiger partial charge is 0.496 e. The van der Waals surface area contributed by atoms with Crippen molar-refractivity contribution in [1.29, 1.82) is 5.26 Å². The molecule has 0 atom stereocenters. The smallest absolute Gasteiger partial charge is 0.141 e. The highest BCUT2D eigenvalue weighted by molar-refractivity contribution is 7.98. The first-order valence-electron chi connectivity index (χ1n) is 5.86. The highest BCUT2D eigenvalue weighted by Gasteiger charge is 2.05. The van der Waals surface area contributed by atoms with E-state index in [9.17, 15) is 0 Å². The molecule has 0 aliphatic heterocycles. The third-order valence-electron chi connectivity index (χ3n) is 2.65. The van der Waals surface area contributed by atoms with Gasteiger partial charge in [0.05, 0.1) is 12.1 Å². The lowest BCUT2D eigenvalue weighted by molar-refractivity contribution is 0.411. The van der Waals surface area contributed by atoms with E-state index in [4.69, 9.17) is 10.00 Å². The lowest BCUT2D eigenvalue weighted by atomic mass is 10.1. The first-order chi connectivity index (χ1) is 9.22. The molecule has 0 unspecified atom stereocenters. The summed E-state index contributed by atoms with van der Waals surface area (Å²) in [7, 11) is 1.67. The molecular weight excluding hydrogens is 256 g/mol. The number of pyridine rings is 1. The fourth-order valence-corrected chi connectivity index (χ4v) is 2.60. The molecule has 0 aliphatic rings. The van der Waals surface area contributed by atoms with E-state index in [0.717, 1.165) is 22.1 Å². The molecule has 2 rings (SSSR count). The molecule has 0 spiro atoms. The molecule has 0 amide bonds. The van der Waals surface area contributed by atoms with Crippen LogP contribution >= 0.6 is 11.8 Å². The molecule has 0 N–H and O–H groups in total. The van der Waals surface area contributed by atoms with Crippen LogP contribution in [0.5, 0.6) is 5.75 Å². The number of hydrogen-bond donors (Lipinski definition) is 0. The van der Waals surface area contributed by atoms with Crippen LogP contribution in [0, 0.1) is 18.3 Å². The highest BCUT2D eigenvalue weighted by Crippen LogP contribution is 2.27. The minimum Gasteiger partial charge on any atom is -0.496 e. The van der Waals surface area contributed by atoms with Gasteiger partial charge in [0.1, 0.15) is 17.5 Å². The minimum atomic E-state index is 0.446. The molecular formula is C15H14N2OS. The zero-order chi connectivity index (χ0) is 13.7. The first-order valence-corrected chi connectivity index (χ1v) is 6.85. The van der Waals surface area contributed by atoms with Crippen LogP contribution in [-0.4, -0.2) is 12.1 Å². The predicted octanol–water partition coefficient (Wildman–Crippen LogP) is 3.56. The maximum absolute atomic E-state index is 8.82. The van der Waals surface area contributed by atoms with Crippen LogP contribution in [0.2, 0.25) is 0 Å². The monoisotopic (exact) mass is 270 g/mol. The molecule has 1 aromatic carbocycles. The molecule has 0 saturated heterocycles. The van der Waals surface area contributed by atoms with Crippen molar-refractivity contribution in [3.8, 4) is 11.8 Å². The van der Waals surface area contributed by atoms with Crippen molar-refractivity contribution in [1.82, 2.24) is 4.98 Å². The quantitative estimate of drug-likeness (QED) is 0.797. The number of ether oxygens (including phenoxy) is 1. The normalized spacial score (nSPS) is 9.95. The lowest BCUT2D eigenvalue weighted by Gasteiger charge is -2.09. The second-order valence-corrected chi connectivity index (χ2v) is 5.07. The maximum atomic E-state index is 8.82. The zero-order valence-electron chi connectivity index (χ0n) is 10.9. The summed E-state index contributed by atoms with van der Waals surface area (Å²) in [5, 5.41) is 9.67. The Hall–Kier alpha value is -1.99. The van der Waals surface area contributed by atoms with E-state index >= 15 is 0 Å². The molecule has 0 saturated carbocycles. The standard InChI is InChI=1S/C15H14N2OS/c1-11-6-7-14(18-2)12(8-11)10-19-15-5-3-4-13(9-16)17-15/h3-8H,10H2,1-2H3. The Morgan fingerprint density at radius 1 is 1.32 bits per heavy atom. The molecule has 19 heavy (non-hydrogen) atoms. The number of rotatable bonds is 4. The Kier molecular flexibility index (Phi) is 4.43. The van der Waals surface area contributed by atoms with Crippen LogP contribution in [0.15, 0.2) is 41.4 Å². The van der Waals surface area contributed by atoms with Gasteiger partial charge in [-0.05, 0) is 25.1 Å². The number of nitriles is 1. The summed E-state index contributed by atoms with van der Waals surface area (Å²) >= 11 is 1.60. The summed E-state index contributed by atoms with van der Waals surface area (Å²) in [5.41, 5.74) is 2.79. The van der Waals surface area contributed by atoms with Gasteiger partial charge in [-0.1, -0.05) is 23.8 Å². The number of methoxy groups -OCH3 is 1. The second kappa shape index (κ2) is 6.26. The average Bonchev–Trinajstić information content (AvgIpc) is 2.45. The molecule has 0 aliphatic carbocycles. The summed E-state index contributed by atoms with van der Waals surface area (Å²) in [6.45, 7) is 2.06. The van der Waals surface area contributed by atoms with Gasteiger partial charge in [-0.25, -0.2) is 4.98 Å². The molecule has 2 aromatic rings. The average molecular weight is 270 g/mol. The van der Waals surface area contributed by atoms with Gasteiger partial charge >= 0.3 is 0 Å². The fourth-order valence-electron chi connectivity index (χ4n) is 1.73. The Balaban J connectivity index is 2.14. The number of hydrogen-bond acceptors (Lipinski definition) is 4. The Bertz CT molecular complexity index is 620. The summed E-state index contributed by atoms with van der Waals surface area (Å²) in [6.07, 6.45) is 0. The van der Waals surface area contributed by atoms with Crippen LogP contribution in [0.4, 0.5) is 0 Å². The molecule has 4 heteroatoms. The molecule has 0 fully saturated rings. The zero-order valence-corrected chi connectivity index (χ0v) is 11.7. The number of nitrogens with zero attached hydrogens (tertiary/aromatic N) is 2. The van der Waals surface area contributed by atoms with E-state index in [1.54, 1.807) is 24.9 Å². The first kappa shape index (κ1) is 13.4. The predicted molar refractivity (Wildman–Crippen MR) is 76.2 cm³/mol. The maximum Gasteiger partial charge on any atom is 0.141 e. The van der Waals surface area contributed by atoms with Crippen molar-refractivity contribution in [2.24, 2.45) is 0 Å². The molecule has 3 nitrogen and oxygen atoms in total. The topological polar surface area (TPSA) is 45.9 Å². The van der Waals surface area contributed by atoms with Gasteiger partial charge < -0.3 is 4.74 Å². The Labute approximate surface area is 117 Å². The van der Waals surface area contributed by atoms with Crippen molar-refractivity contribution < 1.29 is 4.74 Å². The van der Waals surface area contributed by atoms with Crippen molar-refractivity contribution in [3.63, 3.8) is 0 Å². The number of aromatic nitrogens is 1. The molecule has 1 aromatic heterocycles. The van der Waals surface area contributed by atoms with Gasteiger partial charge in [-0.15, -0.1) is 11.8 Å². The van der Waals surface area contributed by atoms with E-state index in [-0.39, 0.29) is 0 Å². The van der Waals surface area contributed by atoms with Gasteiger partial charge in [0.15, 0.2) is 0 Å². The van der Waals surface area contributed by atoms with Crippen LogP contribution < -0.4 is 4.74 Å². The summed E-state index contributed by atoms with van der Waals surface area (Å²) in [5.74, 6) is 1.65. The summed E-state index contributed by atoms with van der Waals surface area (Å²) < 4.78 is 5.35. The lowest BCUT2D eigenvalue weighted by Crippen LogP contribution is -1.92. The van der Waals surface area contributed by atoms with Crippen molar-refractivity contribution in [2.75, 3.05) is 7.11 Å². The third-order valence-corrected chi connectivity index (χ3v) is 3.63. The SMILES string of the molecule is COc1ccc(C)cc1CSc1cccc(C#N)n1. The van der Waals surface area contributed by atoms with Crippen LogP contribution in [0.3, 0.4) is 0 Å². The van der Waals surface area contributed by atoms with E-state index < -0.39 is 0 Å². The van der Waals surface area contributed by atoms with Gasteiger partial charge in [-0.2, -0.15) is 5.26 Å².